The highest BCUT2D eigenvalue weighted by Gasteiger charge is 2.23. The van der Waals surface area contributed by atoms with Gasteiger partial charge in [0.2, 0.25) is 10.0 Å². The molecule has 0 amide bonds. The van der Waals surface area contributed by atoms with Crippen molar-refractivity contribution in [2.75, 3.05) is 33.4 Å². The zero-order valence-electron chi connectivity index (χ0n) is 12.5. The first-order valence-electron chi connectivity index (χ1n) is 7.17. The molecule has 1 heterocycles. The van der Waals surface area contributed by atoms with E-state index >= 15 is 0 Å². The zero-order chi connectivity index (χ0) is 16.0. The lowest BCUT2D eigenvalue weighted by molar-refractivity contribution is 0.144. The summed E-state index contributed by atoms with van der Waals surface area (Å²) >= 11 is 0. The van der Waals surface area contributed by atoms with Crippen LogP contribution in [0.1, 0.15) is 12.8 Å². The van der Waals surface area contributed by atoms with Gasteiger partial charge in [-0.3, -0.25) is 0 Å². The minimum absolute atomic E-state index is 0.112. The lowest BCUT2D eigenvalue weighted by Gasteiger charge is -2.15. The Morgan fingerprint density at radius 1 is 1.41 bits per heavy atom. The second-order valence-electron chi connectivity index (χ2n) is 5.08. The van der Waals surface area contributed by atoms with E-state index < -0.39 is 15.8 Å². The Morgan fingerprint density at radius 2 is 2.23 bits per heavy atom. The minimum atomic E-state index is -3.83. The van der Waals surface area contributed by atoms with Crippen LogP contribution in [0.4, 0.5) is 4.39 Å². The number of sulfonamides is 1. The van der Waals surface area contributed by atoms with Crippen LogP contribution in [0.25, 0.3) is 0 Å². The van der Waals surface area contributed by atoms with Crippen LogP contribution in [0.2, 0.25) is 0 Å². The molecule has 0 saturated carbocycles. The first-order chi connectivity index (χ1) is 10.5. The van der Waals surface area contributed by atoms with Gasteiger partial charge in [-0.15, -0.1) is 0 Å². The molecule has 0 bridgehead atoms. The van der Waals surface area contributed by atoms with E-state index in [1.165, 1.54) is 19.2 Å². The van der Waals surface area contributed by atoms with E-state index in [9.17, 15) is 12.8 Å². The first kappa shape index (κ1) is 17.1. The van der Waals surface area contributed by atoms with Crippen molar-refractivity contribution in [1.82, 2.24) is 10.0 Å². The van der Waals surface area contributed by atoms with Crippen molar-refractivity contribution < 1.29 is 22.3 Å². The second-order valence-corrected chi connectivity index (χ2v) is 6.81. The number of rotatable bonds is 8. The highest BCUT2D eigenvalue weighted by Crippen LogP contribution is 2.24. The SMILES string of the molecule is COCCOc1ccc(F)cc1S(=O)(=O)NCC1CCCN1. The Bertz CT molecular complexity index is 589. The van der Waals surface area contributed by atoms with Crippen LogP contribution in [-0.2, 0) is 14.8 Å². The van der Waals surface area contributed by atoms with E-state index in [1.807, 2.05) is 0 Å². The Hall–Kier alpha value is -1.22. The predicted octanol–water partition coefficient (Wildman–Crippen LogP) is 0.881. The summed E-state index contributed by atoms with van der Waals surface area (Å²) < 4.78 is 50.9. The van der Waals surface area contributed by atoms with Crippen molar-refractivity contribution in [2.45, 2.75) is 23.8 Å². The van der Waals surface area contributed by atoms with E-state index in [2.05, 4.69) is 10.0 Å². The lowest BCUT2D eigenvalue weighted by Crippen LogP contribution is -2.37. The third-order valence-corrected chi connectivity index (χ3v) is 4.87. The van der Waals surface area contributed by atoms with E-state index in [0.29, 0.717) is 6.61 Å². The summed E-state index contributed by atoms with van der Waals surface area (Å²) in [6.45, 7) is 1.67. The molecule has 0 aliphatic carbocycles. The number of hydrogen-bond donors (Lipinski definition) is 2. The summed E-state index contributed by atoms with van der Waals surface area (Å²) in [6.07, 6.45) is 1.95. The van der Waals surface area contributed by atoms with Gasteiger partial charge in [-0.05, 0) is 37.6 Å². The molecule has 1 aliphatic heterocycles. The van der Waals surface area contributed by atoms with Crippen molar-refractivity contribution in [3.63, 3.8) is 0 Å². The molecule has 124 valence electrons. The lowest BCUT2D eigenvalue weighted by atomic mass is 10.2. The first-order valence-corrected chi connectivity index (χ1v) is 8.65. The largest absolute Gasteiger partial charge is 0.490 e. The van der Waals surface area contributed by atoms with Gasteiger partial charge >= 0.3 is 0 Å². The summed E-state index contributed by atoms with van der Waals surface area (Å²) in [5.41, 5.74) is 0. The number of halogens is 1. The summed E-state index contributed by atoms with van der Waals surface area (Å²) in [6, 6.07) is 3.56. The van der Waals surface area contributed by atoms with Crippen LogP contribution in [0.3, 0.4) is 0 Å². The zero-order valence-corrected chi connectivity index (χ0v) is 13.3. The fourth-order valence-electron chi connectivity index (χ4n) is 2.27. The topological polar surface area (TPSA) is 76.7 Å². The molecular weight excluding hydrogens is 311 g/mol. The molecule has 2 rings (SSSR count). The molecule has 1 aliphatic rings. The van der Waals surface area contributed by atoms with Crippen molar-refractivity contribution in [3.8, 4) is 5.75 Å². The summed E-state index contributed by atoms with van der Waals surface area (Å²) in [5.74, 6) is -0.510. The van der Waals surface area contributed by atoms with Gasteiger partial charge in [0, 0.05) is 19.7 Å². The van der Waals surface area contributed by atoms with Gasteiger partial charge in [0.15, 0.2) is 0 Å². The Labute approximate surface area is 130 Å². The standard InChI is InChI=1S/C14H21FN2O4S/c1-20-7-8-21-13-5-4-11(15)9-14(13)22(18,19)17-10-12-3-2-6-16-12/h4-5,9,12,16-17H,2-3,6-8,10H2,1H3. The molecule has 22 heavy (non-hydrogen) atoms. The van der Waals surface area contributed by atoms with E-state index in [-0.39, 0.29) is 29.8 Å². The third kappa shape index (κ3) is 4.64. The molecule has 6 nitrogen and oxygen atoms in total. The summed E-state index contributed by atoms with van der Waals surface area (Å²) in [7, 11) is -2.32. The molecule has 2 N–H and O–H groups in total. The van der Waals surface area contributed by atoms with Crippen LogP contribution in [0.15, 0.2) is 23.1 Å². The van der Waals surface area contributed by atoms with Crippen LogP contribution in [0, 0.1) is 5.82 Å². The van der Waals surface area contributed by atoms with E-state index in [0.717, 1.165) is 25.5 Å². The van der Waals surface area contributed by atoms with Crippen LogP contribution < -0.4 is 14.8 Å². The molecule has 1 aromatic carbocycles. The number of nitrogens with one attached hydrogen (secondary N) is 2. The smallest absolute Gasteiger partial charge is 0.244 e. The van der Waals surface area contributed by atoms with Gasteiger partial charge in [0.25, 0.3) is 0 Å². The molecule has 8 heteroatoms. The molecule has 1 saturated heterocycles. The van der Waals surface area contributed by atoms with Gasteiger partial charge in [0.05, 0.1) is 6.61 Å². The Kier molecular flexibility index (Phi) is 6.13. The van der Waals surface area contributed by atoms with Gasteiger partial charge in [-0.2, -0.15) is 0 Å². The van der Waals surface area contributed by atoms with Crippen LogP contribution in [-0.4, -0.2) is 47.9 Å². The van der Waals surface area contributed by atoms with E-state index in [1.54, 1.807) is 0 Å². The van der Waals surface area contributed by atoms with Crippen molar-refractivity contribution >= 4 is 10.0 Å². The maximum atomic E-state index is 13.4. The van der Waals surface area contributed by atoms with Crippen LogP contribution >= 0.6 is 0 Å². The Balaban J connectivity index is 2.11. The molecule has 1 atom stereocenters. The number of benzene rings is 1. The average Bonchev–Trinajstić information content (AvgIpc) is 3.00. The van der Waals surface area contributed by atoms with Crippen molar-refractivity contribution in [3.05, 3.63) is 24.0 Å². The molecule has 0 aromatic heterocycles. The Morgan fingerprint density at radius 3 is 2.91 bits per heavy atom. The maximum absolute atomic E-state index is 13.4. The highest BCUT2D eigenvalue weighted by atomic mass is 32.2. The van der Waals surface area contributed by atoms with Crippen molar-refractivity contribution in [1.29, 1.82) is 0 Å². The molecule has 1 fully saturated rings. The van der Waals surface area contributed by atoms with Gasteiger partial charge in [0.1, 0.15) is 23.1 Å². The number of ether oxygens (including phenoxy) is 2. The monoisotopic (exact) mass is 332 g/mol. The minimum Gasteiger partial charge on any atom is -0.490 e. The summed E-state index contributed by atoms with van der Waals surface area (Å²) in [5, 5.41) is 3.20. The van der Waals surface area contributed by atoms with E-state index in [4.69, 9.17) is 9.47 Å². The molecule has 1 unspecified atom stereocenters. The highest BCUT2D eigenvalue weighted by molar-refractivity contribution is 7.89. The molecule has 1 aromatic rings. The van der Waals surface area contributed by atoms with Crippen LogP contribution in [0.5, 0.6) is 5.75 Å². The van der Waals surface area contributed by atoms with Gasteiger partial charge in [-0.25, -0.2) is 17.5 Å². The fraction of sp³-hybridized carbons (Fsp3) is 0.571. The van der Waals surface area contributed by atoms with Crippen molar-refractivity contribution in [2.24, 2.45) is 0 Å². The van der Waals surface area contributed by atoms with Gasteiger partial charge < -0.3 is 14.8 Å². The third-order valence-electron chi connectivity index (χ3n) is 3.42. The number of methoxy groups -OCH3 is 1. The fourth-order valence-corrected chi connectivity index (χ4v) is 3.50. The molecule has 0 spiro atoms. The molecule has 0 radical (unpaired) electrons. The average molecular weight is 332 g/mol. The predicted molar refractivity (Wildman–Crippen MR) is 80.0 cm³/mol. The second kappa shape index (κ2) is 7.87. The quantitative estimate of drug-likeness (QED) is 0.691. The van der Waals surface area contributed by atoms with Gasteiger partial charge in [-0.1, -0.05) is 0 Å². The molecular formula is C14H21FN2O4S. The normalized spacial score (nSPS) is 18.5. The summed E-state index contributed by atoms with van der Waals surface area (Å²) in [4.78, 5) is -0.193. The number of hydrogen-bond acceptors (Lipinski definition) is 5. The maximum Gasteiger partial charge on any atom is 0.244 e.